The van der Waals surface area contributed by atoms with Gasteiger partial charge in [0.15, 0.2) is 11.2 Å². The molecule has 0 N–H and O–H groups in total. The molecule has 2 rings (SSSR count). The van der Waals surface area contributed by atoms with Gasteiger partial charge in [-0.1, -0.05) is 39.3 Å². The molecule has 0 atom stereocenters. The average Bonchev–Trinajstić information content (AvgIpc) is 3.22. The van der Waals surface area contributed by atoms with Crippen molar-refractivity contribution in [2.45, 2.75) is 52.1 Å². The monoisotopic (exact) mass is 520 g/mol. The molecule has 0 radical (unpaired) electrons. The van der Waals surface area contributed by atoms with E-state index in [-0.39, 0.29) is 35.7 Å². The second-order valence-electron chi connectivity index (χ2n) is 8.96. The number of allylic oxidation sites excluding steroid dienone is 4. The van der Waals surface area contributed by atoms with Crippen LogP contribution in [0.2, 0.25) is 39.3 Å². The average molecular weight is 520 g/mol. The minimum Gasteiger partial charge on any atom is 0 e. The molecule has 0 bridgehead atoms. The maximum atomic E-state index is 13.2. The second-order valence-corrected chi connectivity index (χ2v) is 19.0. The van der Waals surface area contributed by atoms with Crippen LogP contribution < -0.4 is 0 Å². The fraction of sp³-hybridized carbons (Fsp3) is 0.524. The van der Waals surface area contributed by atoms with Crippen LogP contribution in [0, 0.1) is 25.4 Å². The Labute approximate surface area is 201 Å². The smallest absolute Gasteiger partial charge is 0 e. The van der Waals surface area contributed by atoms with Crippen molar-refractivity contribution in [1.29, 1.82) is 0 Å². The van der Waals surface area contributed by atoms with Crippen LogP contribution >= 0.6 is 0 Å². The van der Waals surface area contributed by atoms with E-state index < -0.39 is 33.5 Å². The molecule has 0 aliphatic heterocycles. The Kier molecular flexibility index (Phi) is 15.0. The summed E-state index contributed by atoms with van der Waals surface area (Å²) in [6.07, 6.45) is 0.419. The topological polar surface area (TPSA) is 129 Å². The van der Waals surface area contributed by atoms with Gasteiger partial charge in [-0.2, -0.15) is 0 Å². The van der Waals surface area contributed by atoms with Crippen molar-refractivity contribution in [2.24, 2.45) is 5.41 Å². The number of hydrogen-bond acceptors (Lipinski definition) is 5. The van der Waals surface area contributed by atoms with E-state index in [9.17, 15) is 14.4 Å². The van der Waals surface area contributed by atoms with Gasteiger partial charge >= 0.3 is 45.8 Å². The predicted octanol–water partition coefficient (Wildman–Crippen LogP) is 2.93. The molecule has 1 fully saturated rings. The second kappa shape index (κ2) is 13.7. The van der Waals surface area contributed by atoms with E-state index in [0.717, 1.165) is 21.5 Å². The van der Waals surface area contributed by atoms with Crippen LogP contribution in [-0.2, 0) is 54.9 Å². The maximum absolute atomic E-state index is 13.2. The Balaban J connectivity index is -0.00000111. The number of methoxy groups -OCH3 is 2. The first-order valence-electron chi connectivity index (χ1n) is 9.11. The Bertz CT molecular complexity index is 777. The number of hydrogen-bond donors (Lipinski definition) is 0. The molecule has 2 aliphatic rings. The summed E-state index contributed by atoms with van der Waals surface area (Å²) in [5.74, 6) is -0.997. The zero-order valence-electron chi connectivity index (χ0n) is 19.5. The van der Waals surface area contributed by atoms with Crippen molar-refractivity contribution in [3.8, 4) is 0 Å². The van der Waals surface area contributed by atoms with E-state index in [4.69, 9.17) is 23.4 Å². The first-order valence-corrected chi connectivity index (χ1v) is 16.1. The summed E-state index contributed by atoms with van der Waals surface area (Å²) in [6.45, 7) is 26.3. The van der Waals surface area contributed by atoms with E-state index in [1.54, 1.807) is 0 Å². The van der Waals surface area contributed by atoms with Gasteiger partial charge in [-0.25, -0.2) is 0 Å². The summed E-state index contributed by atoms with van der Waals surface area (Å²) >= 11 is 0. The Morgan fingerprint density at radius 3 is 1.19 bits per heavy atom. The van der Waals surface area contributed by atoms with Crippen molar-refractivity contribution in [3.05, 3.63) is 41.5 Å². The van der Waals surface area contributed by atoms with Crippen LogP contribution in [0.4, 0.5) is 0 Å². The zero-order valence-corrected chi connectivity index (χ0v) is 22.6. The van der Waals surface area contributed by atoms with Gasteiger partial charge in [-0.05, 0) is 34.4 Å². The number of ketones is 1. The Morgan fingerprint density at radius 1 is 0.750 bits per heavy atom. The molecule has 2 aliphatic carbocycles. The molecule has 8 nitrogen and oxygen atoms in total. The number of esters is 2. The van der Waals surface area contributed by atoms with Crippen molar-refractivity contribution in [1.82, 2.24) is 0 Å². The van der Waals surface area contributed by atoms with Gasteiger partial charge in [0.2, 0.25) is 0 Å². The van der Waals surface area contributed by atoms with Crippen molar-refractivity contribution in [2.75, 3.05) is 14.2 Å². The minimum atomic E-state index is -1.94. The molecule has 0 saturated heterocycles. The van der Waals surface area contributed by atoms with Gasteiger partial charge in [0.05, 0.1) is 30.4 Å². The molecule has 0 heterocycles. The third-order valence-corrected chi connectivity index (χ3v) is 9.09. The van der Waals surface area contributed by atoms with Gasteiger partial charge in [0, 0.05) is 17.1 Å². The molecular weight excluding hydrogens is 492 g/mol. The van der Waals surface area contributed by atoms with Crippen LogP contribution in [0.1, 0.15) is 12.8 Å². The number of ether oxygens (including phenoxy) is 2. The van der Waals surface area contributed by atoms with Gasteiger partial charge in [-0.15, -0.1) is 0 Å². The summed E-state index contributed by atoms with van der Waals surface area (Å²) in [5, 5.41) is 1.74. The number of carbonyl (C=O) groups excluding carboxylic acids is 3. The van der Waals surface area contributed by atoms with Gasteiger partial charge in [-0.3, -0.25) is 14.4 Å². The summed E-state index contributed by atoms with van der Waals surface area (Å²) in [6, 6.07) is 0. The first kappa shape index (κ1) is 34.9. The number of Topliss-reactive ketones (excluding diaryl/α,β-unsaturated/α-hetero) is 1. The summed E-state index contributed by atoms with van der Waals surface area (Å²) < 4.78 is 32.4. The number of rotatable bonds is 4. The summed E-state index contributed by atoms with van der Waals surface area (Å²) in [4.78, 5) is 38.3. The summed E-state index contributed by atoms with van der Waals surface area (Å²) in [7, 11) is -1.31. The normalized spacial score (nSPS) is 15.9. The number of carbonyl (C=O) groups is 3. The Morgan fingerprint density at radius 2 is 1.00 bits per heavy atom. The molecule has 1 saturated carbocycles. The van der Waals surface area contributed by atoms with Crippen molar-refractivity contribution in [3.63, 3.8) is 0 Å². The first-order chi connectivity index (χ1) is 14.3. The molecule has 176 valence electrons. The van der Waals surface area contributed by atoms with Crippen LogP contribution in [0.15, 0.2) is 21.5 Å². The summed E-state index contributed by atoms with van der Waals surface area (Å²) in [5.41, 5.74) is 0.472. The van der Waals surface area contributed by atoms with Gasteiger partial charge < -0.3 is 9.47 Å². The van der Waals surface area contributed by atoms with Crippen LogP contribution in [0.25, 0.3) is 0 Å². The quantitative estimate of drug-likeness (QED) is 0.185. The molecule has 0 aromatic rings. The van der Waals surface area contributed by atoms with E-state index in [0.29, 0.717) is 0 Å². The minimum absolute atomic E-state index is 0. The maximum Gasteiger partial charge on any atom is 0 e. The van der Waals surface area contributed by atoms with E-state index in [2.05, 4.69) is 59.2 Å². The van der Waals surface area contributed by atoms with Gasteiger partial charge in [0.1, 0.15) is 0 Å². The largest absolute Gasteiger partial charge is 0 e. The molecule has 0 unspecified atom stereocenters. The van der Waals surface area contributed by atoms with E-state index in [1.807, 2.05) is 0 Å². The standard InChI is InChI=1S/C18H28O5Si2.3CO.Fe/c1-22-16(20)18(17(21)23-2)9-11-12(10-18)15(25(6,7)8)13(19)14(11)24(3,4)5;3*1-2;/h9-10H2,1-8H3;;;;. The Hall–Kier alpha value is -1.74. The van der Waals surface area contributed by atoms with Crippen molar-refractivity contribution >= 4 is 33.9 Å². The van der Waals surface area contributed by atoms with E-state index in [1.165, 1.54) is 14.2 Å². The fourth-order valence-corrected chi connectivity index (χ4v) is 8.13. The molecule has 32 heavy (non-hydrogen) atoms. The molecule has 0 amide bonds. The molecule has 0 aromatic carbocycles. The third kappa shape index (κ3) is 6.64. The number of fused-ring (bicyclic) bond motifs is 1. The van der Waals surface area contributed by atoms with Crippen LogP contribution in [0.5, 0.6) is 0 Å². The van der Waals surface area contributed by atoms with Crippen LogP contribution in [-0.4, -0.2) is 48.1 Å². The molecular formula is C21H28FeO8Si2. The van der Waals surface area contributed by atoms with Crippen molar-refractivity contribution < 1.29 is 54.9 Å². The third-order valence-electron chi connectivity index (χ3n) is 5.03. The SMILES string of the molecule is COC(=O)C1(C(=O)OC)CC2=C([Si](C)(C)C)C(=O)C([Si](C)(C)C)=C2C1.[C-]#[O+].[C-]#[O+].[C-]#[O+].[Fe]. The predicted molar refractivity (Wildman–Crippen MR) is 113 cm³/mol. The zero-order chi connectivity index (χ0) is 25.4. The molecule has 11 heteroatoms. The molecule has 0 spiro atoms. The van der Waals surface area contributed by atoms with Crippen LogP contribution in [0.3, 0.4) is 0 Å². The van der Waals surface area contributed by atoms with Gasteiger partial charge in [0.25, 0.3) is 0 Å². The fourth-order valence-electron chi connectivity index (χ4n) is 4.11. The molecule has 0 aromatic heterocycles. The van der Waals surface area contributed by atoms with E-state index >= 15 is 0 Å².